The first-order valence-corrected chi connectivity index (χ1v) is 5.39. The highest BCUT2D eigenvalue weighted by molar-refractivity contribution is 5.76. The molecule has 0 aliphatic heterocycles. The summed E-state index contributed by atoms with van der Waals surface area (Å²) in [5.41, 5.74) is 2.50. The summed E-state index contributed by atoms with van der Waals surface area (Å²) < 4.78 is 15.4. The minimum absolute atomic E-state index is 0.536. The van der Waals surface area contributed by atoms with Gasteiger partial charge in [0.15, 0.2) is 0 Å². The second-order valence-electron chi connectivity index (χ2n) is 3.64. The molecule has 0 aliphatic rings. The molecule has 3 heteroatoms. The highest BCUT2D eigenvalue weighted by atomic mass is 16.5. The van der Waals surface area contributed by atoms with E-state index in [1.54, 1.807) is 21.3 Å². The van der Waals surface area contributed by atoms with Crippen LogP contribution in [0.2, 0.25) is 0 Å². The van der Waals surface area contributed by atoms with Gasteiger partial charge in [0.05, 0.1) is 21.3 Å². The van der Waals surface area contributed by atoms with E-state index in [4.69, 9.17) is 14.2 Å². The van der Waals surface area contributed by atoms with Crippen LogP contribution in [0.25, 0.3) is 17.3 Å². The first kappa shape index (κ1) is 13.9. The van der Waals surface area contributed by atoms with Crippen molar-refractivity contribution < 1.29 is 14.2 Å². The highest BCUT2D eigenvalue weighted by Gasteiger charge is 2.12. The van der Waals surface area contributed by atoms with Crippen LogP contribution in [0.4, 0.5) is 0 Å². The minimum atomic E-state index is 0.536. The molecule has 0 saturated heterocycles. The number of ether oxygens (including phenoxy) is 3. The fourth-order valence-electron chi connectivity index (χ4n) is 1.53. The van der Waals surface area contributed by atoms with Crippen molar-refractivity contribution in [2.45, 2.75) is 0 Å². The molecule has 0 heterocycles. The lowest BCUT2D eigenvalue weighted by atomic mass is 10.0. The van der Waals surface area contributed by atoms with Gasteiger partial charge in [-0.1, -0.05) is 25.8 Å². The van der Waals surface area contributed by atoms with Gasteiger partial charge in [0.25, 0.3) is 0 Å². The van der Waals surface area contributed by atoms with Gasteiger partial charge in [-0.15, -0.1) is 0 Å². The maximum atomic E-state index is 5.18. The van der Waals surface area contributed by atoms with Crippen LogP contribution >= 0.6 is 0 Å². The van der Waals surface area contributed by atoms with Gasteiger partial charge in [-0.25, -0.2) is 0 Å². The van der Waals surface area contributed by atoms with E-state index < -0.39 is 0 Å². The van der Waals surface area contributed by atoms with E-state index >= 15 is 0 Å². The second kappa shape index (κ2) is 5.96. The van der Waals surface area contributed by atoms with Crippen LogP contribution in [-0.2, 0) is 14.2 Å². The number of rotatable bonds is 6. The highest BCUT2D eigenvalue weighted by Crippen LogP contribution is 2.28. The molecule has 1 aromatic carbocycles. The van der Waals surface area contributed by atoms with Gasteiger partial charge < -0.3 is 14.2 Å². The monoisotopic (exact) mass is 246 g/mol. The zero-order valence-corrected chi connectivity index (χ0v) is 11.1. The van der Waals surface area contributed by atoms with Crippen LogP contribution in [0.15, 0.2) is 37.9 Å². The third kappa shape index (κ3) is 2.74. The summed E-state index contributed by atoms with van der Waals surface area (Å²) in [5.74, 6) is 1.67. The van der Waals surface area contributed by atoms with E-state index in [9.17, 15) is 0 Å². The van der Waals surface area contributed by atoms with Crippen molar-refractivity contribution >= 4 is 17.3 Å². The maximum Gasteiger partial charge on any atom is 0.119 e. The topological polar surface area (TPSA) is 27.7 Å². The normalized spacial score (nSPS) is 9.50. The fraction of sp³-hybridized carbons (Fsp3) is 0.200. The first-order chi connectivity index (χ1) is 8.54. The predicted octanol–water partition coefficient (Wildman–Crippen LogP) is 3.54. The summed E-state index contributed by atoms with van der Waals surface area (Å²) >= 11 is 0. The molecular formula is C15H18O3. The molecule has 3 nitrogen and oxygen atoms in total. The van der Waals surface area contributed by atoms with Gasteiger partial charge in [-0.2, -0.15) is 0 Å². The van der Waals surface area contributed by atoms with Gasteiger partial charge in [0, 0.05) is 16.7 Å². The van der Waals surface area contributed by atoms with Crippen molar-refractivity contribution in [3.8, 4) is 0 Å². The Kier molecular flexibility index (Phi) is 4.60. The van der Waals surface area contributed by atoms with Gasteiger partial charge >= 0.3 is 0 Å². The Morgan fingerprint density at radius 2 is 1.28 bits per heavy atom. The molecule has 0 radical (unpaired) electrons. The molecule has 0 atom stereocenters. The summed E-state index contributed by atoms with van der Waals surface area (Å²) in [6, 6.07) is 5.65. The van der Waals surface area contributed by atoms with Gasteiger partial charge in [0.1, 0.15) is 17.3 Å². The molecule has 18 heavy (non-hydrogen) atoms. The molecule has 0 bridgehead atoms. The molecule has 1 aromatic rings. The lowest BCUT2D eigenvalue weighted by Gasteiger charge is -2.14. The van der Waals surface area contributed by atoms with E-state index in [-0.39, 0.29) is 0 Å². The smallest absolute Gasteiger partial charge is 0.119 e. The van der Waals surface area contributed by atoms with Crippen molar-refractivity contribution in [3.63, 3.8) is 0 Å². The van der Waals surface area contributed by atoms with Gasteiger partial charge in [0.2, 0.25) is 0 Å². The van der Waals surface area contributed by atoms with Crippen molar-refractivity contribution in [2.24, 2.45) is 0 Å². The Morgan fingerprint density at radius 3 is 1.78 bits per heavy atom. The van der Waals surface area contributed by atoms with Crippen molar-refractivity contribution in [2.75, 3.05) is 21.3 Å². The van der Waals surface area contributed by atoms with Crippen LogP contribution in [0.1, 0.15) is 16.7 Å². The average Bonchev–Trinajstić information content (AvgIpc) is 2.43. The lowest BCUT2D eigenvalue weighted by Crippen LogP contribution is -1.97. The predicted molar refractivity (Wildman–Crippen MR) is 74.6 cm³/mol. The van der Waals surface area contributed by atoms with Crippen LogP contribution in [0.5, 0.6) is 0 Å². The molecule has 1 rings (SSSR count). The molecular weight excluding hydrogens is 228 g/mol. The Hall–Kier alpha value is -2.16. The van der Waals surface area contributed by atoms with Crippen molar-refractivity contribution in [3.05, 3.63) is 54.6 Å². The van der Waals surface area contributed by atoms with E-state index in [1.165, 1.54) is 0 Å². The zero-order valence-electron chi connectivity index (χ0n) is 11.1. The summed E-state index contributed by atoms with van der Waals surface area (Å²) in [4.78, 5) is 0. The summed E-state index contributed by atoms with van der Waals surface area (Å²) in [5, 5.41) is 0. The number of benzene rings is 1. The van der Waals surface area contributed by atoms with E-state index in [1.807, 2.05) is 18.2 Å². The number of methoxy groups -OCH3 is 3. The molecule has 0 fully saturated rings. The van der Waals surface area contributed by atoms with Crippen LogP contribution in [0, 0.1) is 0 Å². The quantitative estimate of drug-likeness (QED) is 0.718. The number of hydrogen-bond donors (Lipinski definition) is 0. The Morgan fingerprint density at radius 1 is 0.778 bits per heavy atom. The van der Waals surface area contributed by atoms with Crippen LogP contribution in [-0.4, -0.2) is 21.3 Å². The zero-order chi connectivity index (χ0) is 13.7. The Labute approximate surface area is 108 Å². The standard InChI is InChI=1S/C15H18O3/c1-10(16-4)13-7-8-14(11(2)17-5)15(9-13)12(3)18-6/h7-9H,1-3H2,4-6H3. The molecule has 96 valence electrons. The van der Waals surface area contributed by atoms with Crippen LogP contribution < -0.4 is 0 Å². The molecule has 0 aromatic heterocycles. The van der Waals surface area contributed by atoms with E-state index in [0.29, 0.717) is 17.3 Å². The van der Waals surface area contributed by atoms with Crippen molar-refractivity contribution in [1.82, 2.24) is 0 Å². The molecule has 0 N–H and O–H groups in total. The maximum absolute atomic E-state index is 5.18. The van der Waals surface area contributed by atoms with Gasteiger partial charge in [-0.05, 0) is 12.1 Å². The third-order valence-corrected chi connectivity index (χ3v) is 2.68. The fourth-order valence-corrected chi connectivity index (χ4v) is 1.53. The average molecular weight is 246 g/mol. The second-order valence-corrected chi connectivity index (χ2v) is 3.64. The summed E-state index contributed by atoms with van der Waals surface area (Å²) in [6.45, 7) is 11.5. The first-order valence-electron chi connectivity index (χ1n) is 5.39. The van der Waals surface area contributed by atoms with E-state index in [0.717, 1.165) is 16.7 Å². The summed E-state index contributed by atoms with van der Waals surface area (Å²) in [7, 11) is 4.72. The number of hydrogen-bond acceptors (Lipinski definition) is 3. The molecule has 0 saturated carbocycles. The Balaban J connectivity index is 3.33. The van der Waals surface area contributed by atoms with Gasteiger partial charge in [-0.3, -0.25) is 0 Å². The molecule has 0 amide bonds. The molecule has 0 spiro atoms. The lowest BCUT2D eigenvalue weighted by molar-refractivity contribution is 0.363. The third-order valence-electron chi connectivity index (χ3n) is 2.68. The molecule has 0 unspecified atom stereocenters. The van der Waals surface area contributed by atoms with E-state index in [2.05, 4.69) is 19.7 Å². The van der Waals surface area contributed by atoms with Crippen LogP contribution in [0.3, 0.4) is 0 Å². The summed E-state index contributed by atoms with van der Waals surface area (Å²) in [6.07, 6.45) is 0. The largest absolute Gasteiger partial charge is 0.497 e. The van der Waals surface area contributed by atoms with Crippen molar-refractivity contribution in [1.29, 1.82) is 0 Å². The SMILES string of the molecule is C=C(OC)c1ccc(C(=C)OC)c(C(=C)OC)c1. The molecule has 0 aliphatic carbocycles. The minimum Gasteiger partial charge on any atom is -0.497 e. The Bertz CT molecular complexity index is 487.